The molecular formula is C16H18O4. The summed E-state index contributed by atoms with van der Waals surface area (Å²) < 4.78 is 10.4. The molecule has 0 aromatic heterocycles. The summed E-state index contributed by atoms with van der Waals surface area (Å²) in [5.74, 6) is -0.824. The van der Waals surface area contributed by atoms with E-state index in [9.17, 15) is 9.59 Å². The smallest absolute Gasteiger partial charge is 0.342 e. The van der Waals surface area contributed by atoms with Gasteiger partial charge >= 0.3 is 11.9 Å². The van der Waals surface area contributed by atoms with Crippen LogP contribution in [0.25, 0.3) is 0 Å². The molecule has 0 bridgehead atoms. The number of carbonyl (C=O) groups is 2. The molecule has 106 valence electrons. The van der Waals surface area contributed by atoms with Crippen LogP contribution in [0, 0.1) is 5.92 Å². The van der Waals surface area contributed by atoms with Crippen molar-refractivity contribution < 1.29 is 19.1 Å². The van der Waals surface area contributed by atoms with Crippen LogP contribution in [-0.4, -0.2) is 11.9 Å². The van der Waals surface area contributed by atoms with E-state index in [2.05, 4.69) is 0 Å². The van der Waals surface area contributed by atoms with E-state index in [1.54, 1.807) is 24.3 Å². The summed E-state index contributed by atoms with van der Waals surface area (Å²) in [6, 6.07) is 6.93. The van der Waals surface area contributed by atoms with Gasteiger partial charge in [-0.25, -0.2) is 9.59 Å². The number of hydrogen-bond acceptors (Lipinski definition) is 4. The molecule has 0 N–H and O–H groups in total. The number of rotatable bonds is 4. The van der Waals surface area contributed by atoms with Gasteiger partial charge in [0.1, 0.15) is 0 Å². The summed E-state index contributed by atoms with van der Waals surface area (Å²) in [6.45, 7) is 5.81. The molecule has 0 saturated heterocycles. The molecule has 0 aliphatic carbocycles. The molecule has 4 heteroatoms. The van der Waals surface area contributed by atoms with Gasteiger partial charge in [0.15, 0.2) is 0 Å². The molecule has 0 spiro atoms. The predicted molar refractivity (Wildman–Crippen MR) is 73.9 cm³/mol. The molecule has 4 nitrogen and oxygen atoms in total. The molecule has 1 aromatic carbocycles. The predicted octanol–water partition coefficient (Wildman–Crippen LogP) is 3.39. The van der Waals surface area contributed by atoms with Gasteiger partial charge in [0.05, 0.1) is 5.56 Å². The van der Waals surface area contributed by atoms with E-state index in [0.29, 0.717) is 16.7 Å². The standard InChI is InChI=1S/C16H18O4/c1-4-7-11(10(2)3)14(17)19-16-13-9-6-5-8-12(13)15(18)20-16/h5-10,16H,4H2,1-3H3. The molecule has 20 heavy (non-hydrogen) atoms. The van der Waals surface area contributed by atoms with E-state index in [0.717, 1.165) is 6.42 Å². The average molecular weight is 274 g/mol. The number of ether oxygens (including phenoxy) is 2. The Balaban J connectivity index is 2.18. The van der Waals surface area contributed by atoms with Crippen LogP contribution < -0.4 is 0 Å². The van der Waals surface area contributed by atoms with Crippen LogP contribution in [0.2, 0.25) is 0 Å². The van der Waals surface area contributed by atoms with Gasteiger partial charge in [-0.3, -0.25) is 0 Å². The van der Waals surface area contributed by atoms with Crippen LogP contribution in [0.4, 0.5) is 0 Å². The van der Waals surface area contributed by atoms with Crippen molar-refractivity contribution in [1.29, 1.82) is 0 Å². The van der Waals surface area contributed by atoms with Crippen molar-refractivity contribution in [3.8, 4) is 0 Å². The maximum absolute atomic E-state index is 12.2. The lowest BCUT2D eigenvalue weighted by molar-refractivity contribution is -0.163. The van der Waals surface area contributed by atoms with Gasteiger partial charge in [-0.2, -0.15) is 0 Å². The molecule has 1 aliphatic rings. The molecule has 1 aliphatic heterocycles. The maximum Gasteiger partial charge on any atom is 0.342 e. The van der Waals surface area contributed by atoms with Gasteiger partial charge in [-0.1, -0.05) is 45.0 Å². The number of hydrogen-bond donors (Lipinski definition) is 0. The van der Waals surface area contributed by atoms with Crippen LogP contribution in [0.15, 0.2) is 35.9 Å². The quantitative estimate of drug-likeness (QED) is 0.624. The van der Waals surface area contributed by atoms with Crippen molar-refractivity contribution in [1.82, 2.24) is 0 Å². The second-order valence-electron chi connectivity index (χ2n) is 4.95. The largest absolute Gasteiger partial charge is 0.417 e. The number of allylic oxidation sites excluding steroid dienone is 1. The fraction of sp³-hybridized carbons (Fsp3) is 0.375. The van der Waals surface area contributed by atoms with Gasteiger partial charge in [0, 0.05) is 11.1 Å². The molecule has 2 rings (SSSR count). The van der Waals surface area contributed by atoms with Gasteiger partial charge < -0.3 is 9.47 Å². The monoisotopic (exact) mass is 274 g/mol. The van der Waals surface area contributed by atoms with Crippen molar-refractivity contribution in [2.75, 3.05) is 0 Å². The fourth-order valence-corrected chi connectivity index (χ4v) is 2.14. The number of benzene rings is 1. The minimum atomic E-state index is -0.940. The zero-order valence-corrected chi connectivity index (χ0v) is 11.9. The summed E-state index contributed by atoms with van der Waals surface area (Å²) in [7, 11) is 0. The molecule has 0 saturated carbocycles. The third-order valence-corrected chi connectivity index (χ3v) is 3.14. The highest BCUT2D eigenvalue weighted by molar-refractivity contribution is 5.94. The lowest BCUT2D eigenvalue weighted by atomic mass is 10.0. The van der Waals surface area contributed by atoms with Crippen LogP contribution in [0.1, 0.15) is 49.4 Å². The van der Waals surface area contributed by atoms with Crippen molar-refractivity contribution >= 4 is 11.9 Å². The SMILES string of the molecule is CCC=C(C(=O)OC1OC(=O)c2ccccc21)C(C)C. The molecule has 0 radical (unpaired) electrons. The van der Waals surface area contributed by atoms with E-state index in [4.69, 9.17) is 9.47 Å². The maximum atomic E-state index is 12.2. The Morgan fingerprint density at radius 2 is 2.10 bits per heavy atom. The normalized spacial score (nSPS) is 17.9. The second-order valence-corrected chi connectivity index (χ2v) is 4.95. The average Bonchev–Trinajstić information content (AvgIpc) is 2.73. The topological polar surface area (TPSA) is 52.6 Å². The van der Waals surface area contributed by atoms with Crippen LogP contribution in [-0.2, 0) is 14.3 Å². The highest BCUT2D eigenvalue weighted by atomic mass is 16.7. The molecule has 0 amide bonds. The number of fused-ring (bicyclic) bond motifs is 1. The third-order valence-electron chi connectivity index (χ3n) is 3.14. The second kappa shape index (κ2) is 5.90. The van der Waals surface area contributed by atoms with E-state index in [1.165, 1.54) is 0 Å². The third kappa shape index (κ3) is 2.74. The molecule has 1 unspecified atom stereocenters. The molecule has 1 heterocycles. The molecule has 1 aromatic rings. The van der Waals surface area contributed by atoms with Crippen LogP contribution >= 0.6 is 0 Å². The van der Waals surface area contributed by atoms with Crippen molar-refractivity contribution in [3.05, 3.63) is 47.0 Å². The summed E-state index contributed by atoms with van der Waals surface area (Å²) in [5, 5.41) is 0. The first kappa shape index (κ1) is 14.3. The van der Waals surface area contributed by atoms with Crippen LogP contribution in [0.5, 0.6) is 0 Å². The van der Waals surface area contributed by atoms with E-state index in [-0.39, 0.29) is 5.92 Å². The number of esters is 2. The number of carbonyl (C=O) groups excluding carboxylic acids is 2. The van der Waals surface area contributed by atoms with Crippen LogP contribution in [0.3, 0.4) is 0 Å². The van der Waals surface area contributed by atoms with Gasteiger partial charge in [0.25, 0.3) is 6.29 Å². The summed E-state index contributed by atoms with van der Waals surface area (Å²) in [5.41, 5.74) is 1.66. The molecule has 0 fully saturated rings. The zero-order valence-electron chi connectivity index (χ0n) is 11.9. The van der Waals surface area contributed by atoms with Crippen molar-refractivity contribution in [2.24, 2.45) is 5.92 Å². The number of cyclic esters (lactones) is 1. The zero-order chi connectivity index (χ0) is 14.7. The fourth-order valence-electron chi connectivity index (χ4n) is 2.14. The first-order valence-corrected chi connectivity index (χ1v) is 6.75. The highest BCUT2D eigenvalue weighted by Gasteiger charge is 2.34. The Labute approximate surface area is 118 Å². The van der Waals surface area contributed by atoms with Crippen molar-refractivity contribution in [3.63, 3.8) is 0 Å². The minimum Gasteiger partial charge on any atom is -0.417 e. The molecule has 1 atom stereocenters. The van der Waals surface area contributed by atoms with E-state index in [1.807, 2.05) is 26.8 Å². The Hall–Kier alpha value is -2.10. The van der Waals surface area contributed by atoms with Crippen molar-refractivity contribution in [2.45, 2.75) is 33.5 Å². The Morgan fingerprint density at radius 3 is 2.75 bits per heavy atom. The summed E-state index contributed by atoms with van der Waals surface area (Å²) in [4.78, 5) is 23.8. The Bertz CT molecular complexity index is 557. The summed E-state index contributed by atoms with van der Waals surface area (Å²) >= 11 is 0. The Morgan fingerprint density at radius 1 is 1.40 bits per heavy atom. The minimum absolute atomic E-state index is 0.0646. The first-order valence-electron chi connectivity index (χ1n) is 6.75. The van der Waals surface area contributed by atoms with E-state index >= 15 is 0 Å². The lowest BCUT2D eigenvalue weighted by Gasteiger charge is -2.15. The first-order chi connectivity index (χ1) is 9.54. The lowest BCUT2D eigenvalue weighted by Crippen LogP contribution is -2.16. The van der Waals surface area contributed by atoms with Gasteiger partial charge in [0.2, 0.25) is 0 Å². The molecular weight excluding hydrogens is 256 g/mol. The summed E-state index contributed by atoms with van der Waals surface area (Å²) in [6.07, 6.45) is 1.66. The van der Waals surface area contributed by atoms with E-state index < -0.39 is 18.2 Å². The van der Waals surface area contributed by atoms with Gasteiger partial charge in [-0.05, 0) is 18.4 Å². The van der Waals surface area contributed by atoms with Gasteiger partial charge in [-0.15, -0.1) is 0 Å². The Kier molecular flexibility index (Phi) is 4.23. The highest BCUT2D eigenvalue weighted by Crippen LogP contribution is 2.32.